The molecule has 0 saturated carbocycles. The van der Waals surface area contributed by atoms with E-state index in [1.165, 1.54) is 5.56 Å². The van der Waals surface area contributed by atoms with E-state index in [1.807, 2.05) is 42.5 Å². The van der Waals surface area contributed by atoms with Crippen molar-refractivity contribution in [3.8, 4) is 5.75 Å². The van der Waals surface area contributed by atoms with Crippen molar-refractivity contribution < 1.29 is 5.11 Å². The maximum Gasteiger partial charge on any atom is 0.293 e. The van der Waals surface area contributed by atoms with Crippen molar-refractivity contribution in [3.05, 3.63) is 100.0 Å². The molecule has 0 bridgehead atoms. The summed E-state index contributed by atoms with van der Waals surface area (Å²) >= 11 is 0. The summed E-state index contributed by atoms with van der Waals surface area (Å²) in [5.74, 6) is -0.157. The van der Waals surface area contributed by atoms with Crippen molar-refractivity contribution >= 4 is 0 Å². The van der Waals surface area contributed by atoms with Gasteiger partial charge in [-0.15, -0.1) is 0 Å². The highest BCUT2D eigenvalue weighted by molar-refractivity contribution is 5.29. The Morgan fingerprint density at radius 3 is 2.28 bits per heavy atom. The first kappa shape index (κ1) is 19.4. The minimum absolute atomic E-state index is 0.157. The van der Waals surface area contributed by atoms with Gasteiger partial charge in [-0.25, -0.2) is 0 Å². The van der Waals surface area contributed by atoms with E-state index in [4.69, 9.17) is 0 Å². The normalized spacial score (nSPS) is 16.9. The maximum absolute atomic E-state index is 12.5. The Balaban J connectivity index is 1.33. The van der Waals surface area contributed by atoms with E-state index < -0.39 is 0 Å². The van der Waals surface area contributed by atoms with Gasteiger partial charge >= 0.3 is 0 Å². The first-order valence-corrected chi connectivity index (χ1v) is 10.1. The van der Waals surface area contributed by atoms with Crippen LogP contribution in [-0.4, -0.2) is 33.7 Å². The highest BCUT2D eigenvalue weighted by atomic mass is 16.3. The van der Waals surface area contributed by atoms with Crippen LogP contribution in [-0.2, 0) is 19.6 Å². The lowest BCUT2D eigenvalue weighted by Gasteiger charge is -2.17. The van der Waals surface area contributed by atoms with Crippen LogP contribution in [0, 0.1) is 0 Å². The highest BCUT2D eigenvalue weighted by Crippen LogP contribution is 2.16. The molecule has 0 amide bonds. The van der Waals surface area contributed by atoms with Crippen LogP contribution in [0.25, 0.3) is 0 Å². The minimum Gasteiger partial charge on any atom is -0.503 e. The van der Waals surface area contributed by atoms with Crippen molar-refractivity contribution in [2.75, 3.05) is 13.1 Å². The summed E-state index contributed by atoms with van der Waals surface area (Å²) in [4.78, 5) is 15.0. The van der Waals surface area contributed by atoms with E-state index in [1.54, 1.807) is 10.8 Å². The van der Waals surface area contributed by atoms with E-state index in [9.17, 15) is 9.90 Å². The summed E-state index contributed by atoms with van der Waals surface area (Å²) in [5.41, 5.74) is 2.67. The van der Waals surface area contributed by atoms with Crippen LogP contribution < -0.4 is 10.9 Å². The van der Waals surface area contributed by atoms with Crippen LogP contribution in [0.4, 0.5) is 0 Å². The molecular formula is C24H27N3O2. The van der Waals surface area contributed by atoms with Gasteiger partial charge in [-0.1, -0.05) is 60.7 Å². The van der Waals surface area contributed by atoms with Gasteiger partial charge in [-0.05, 0) is 23.6 Å². The molecule has 4 rings (SSSR count). The minimum atomic E-state index is -0.342. The molecule has 1 unspecified atom stereocenters. The third-order valence-corrected chi connectivity index (χ3v) is 5.52. The van der Waals surface area contributed by atoms with Gasteiger partial charge in [-0.3, -0.25) is 9.69 Å². The second kappa shape index (κ2) is 9.07. The van der Waals surface area contributed by atoms with Crippen LogP contribution in [0.1, 0.15) is 23.1 Å². The fourth-order valence-electron chi connectivity index (χ4n) is 3.89. The third kappa shape index (κ3) is 4.94. The number of nitrogens with one attached hydrogen (secondary N) is 1. The summed E-state index contributed by atoms with van der Waals surface area (Å²) < 4.78 is 1.55. The maximum atomic E-state index is 12.5. The second-order valence-electron chi connectivity index (χ2n) is 7.70. The molecule has 1 saturated heterocycles. The van der Waals surface area contributed by atoms with Crippen molar-refractivity contribution in [3.63, 3.8) is 0 Å². The lowest BCUT2D eigenvalue weighted by molar-refractivity contribution is 0.319. The van der Waals surface area contributed by atoms with Gasteiger partial charge in [0.1, 0.15) is 0 Å². The molecule has 29 heavy (non-hydrogen) atoms. The summed E-state index contributed by atoms with van der Waals surface area (Å²) in [5, 5.41) is 13.9. The molecule has 3 aromatic rings. The molecule has 5 nitrogen and oxygen atoms in total. The van der Waals surface area contributed by atoms with E-state index in [0.717, 1.165) is 31.6 Å². The number of hydrogen-bond donors (Lipinski definition) is 2. The van der Waals surface area contributed by atoms with Crippen LogP contribution in [0.5, 0.6) is 5.75 Å². The van der Waals surface area contributed by atoms with Crippen molar-refractivity contribution in [1.82, 2.24) is 14.8 Å². The zero-order chi connectivity index (χ0) is 20.1. The second-order valence-corrected chi connectivity index (χ2v) is 7.70. The Bertz CT molecular complexity index is 986. The summed E-state index contributed by atoms with van der Waals surface area (Å²) in [6, 6.07) is 22.5. The molecule has 1 aliphatic heterocycles. The fourth-order valence-corrected chi connectivity index (χ4v) is 3.89. The quantitative estimate of drug-likeness (QED) is 0.652. The largest absolute Gasteiger partial charge is 0.503 e. The lowest BCUT2D eigenvalue weighted by Crippen LogP contribution is -2.32. The van der Waals surface area contributed by atoms with Gasteiger partial charge < -0.3 is 15.0 Å². The van der Waals surface area contributed by atoms with Crippen LogP contribution in [0.15, 0.2) is 77.7 Å². The Kier molecular flexibility index (Phi) is 6.08. The predicted octanol–water partition coefficient (Wildman–Crippen LogP) is 2.97. The van der Waals surface area contributed by atoms with E-state index in [-0.39, 0.29) is 11.3 Å². The molecule has 5 heteroatoms. The number of aromatic hydroxyl groups is 1. The first-order chi connectivity index (χ1) is 14.2. The van der Waals surface area contributed by atoms with Gasteiger partial charge in [0.05, 0.1) is 6.54 Å². The van der Waals surface area contributed by atoms with Crippen LogP contribution >= 0.6 is 0 Å². The molecular weight excluding hydrogens is 362 g/mol. The predicted molar refractivity (Wildman–Crippen MR) is 115 cm³/mol. The van der Waals surface area contributed by atoms with E-state index in [2.05, 4.69) is 34.5 Å². The lowest BCUT2D eigenvalue weighted by atomic mass is 10.2. The van der Waals surface area contributed by atoms with E-state index in [0.29, 0.717) is 24.7 Å². The number of hydrogen-bond acceptors (Lipinski definition) is 4. The summed E-state index contributed by atoms with van der Waals surface area (Å²) in [6.07, 6.45) is 2.83. The van der Waals surface area contributed by atoms with Gasteiger partial charge in [-0.2, -0.15) is 0 Å². The first-order valence-electron chi connectivity index (χ1n) is 10.1. The molecule has 2 aromatic carbocycles. The van der Waals surface area contributed by atoms with Crippen LogP contribution in [0.2, 0.25) is 0 Å². The van der Waals surface area contributed by atoms with Crippen molar-refractivity contribution in [2.24, 2.45) is 0 Å². The molecule has 1 atom stereocenters. The Morgan fingerprint density at radius 1 is 0.931 bits per heavy atom. The van der Waals surface area contributed by atoms with Gasteiger partial charge in [0.25, 0.3) is 5.56 Å². The van der Waals surface area contributed by atoms with Gasteiger partial charge in [0, 0.05) is 44.0 Å². The zero-order valence-electron chi connectivity index (χ0n) is 16.5. The molecule has 2 heterocycles. The number of pyridine rings is 1. The number of rotatable bonds is 7. The number of likely N-dealkylation sites (tertiary alicyclic amines) is 1. The fraction of sp³-hybridized carbons (Fsp3) is 0.292. The molecule has 150 valence electrons. The molecule has 2 N–H and O–H groups in total. The van der Waals surface area contributed by atoms with Crippen LogP contribution in [0.3, 0.4) is 0 Å². The summed E-state index contributed by atoms with van der Waals surface area (Å²) in [6.45, 7) is 3.94. The van der Waals surface area contributed by atoms with E-state index >= 15 is 0 Å². The molecule has 1 aromatic heterocycles. The molecule has 0 aliphatic carbocycles. The zero-order valence-corrected chi connectivity index (χ0v) is 16.5. The Labute approximate surface area is 171 Å². The number of benzene rings is 2. The molecule has 0 spiro atoms. The molecule has 1 fully saturated rings. The van der Waals surface area contributed by atoms with Gasteiger partial charge in [0.2, 0.25) is 0 Å². The average Bonchev–Trinajstić information content (AvgIpc) is 3.20. The Hall–Kier alpha value is -2.89. The number of aromatic nitrogens is 1. The number of nitrogens with zero attached hydrogens (tertiary/aromatic N) is 2. The van der Waals surface area contributed by atoms with Crippen molar-refractivity contribution in [1.29, 1.82) is 0 Å². The monoisotopic (exact) mass is 389 g/mol. The van der Waals surface area contributed by atoms with Crippen molar-refractivity contribution in [2.45, 2.75) is 32.1 Å². The molecule has 0 radical (unpaired) electrons. The molecule has 1 aliphatic rings. The topological polar surface area (TPSA) is 57.5 Å². The summed E-state index contributed by atoms with van der Waals surface area (Å²) in [7, 11) is 0. The van der Waals surface area contributed by atoms with Gasteiger partial charge in [0.15, 0.2) is 5.75 Å². The standard InChI is InChI=1S/C24H27N3O2/c28-23-21(11-14-27(24(23)29)17-20-9-5-2-6-10-20)15-25-22-12-13-26(18-22)16-19-7-3-1-4-8-19/h1-11,14,22,25,28H,12-13,15-18H2. The SMILES string of the molecule is O=c1c(O)c(CNC2CCN(Cc3ccccc3)C2)ccn1Cc1ccccc1. The third-order valence-electron chi connectivity index (χ3n) is 5.52. The smallest absolute Gasteiger partial charge is 0.293 e. The highest BCUT2D eigenvalue weighted by Gasteiger charge is 2.22. The average molecular weight is 389 g/mol. The Morgan fingerprint density at radius 2 is 1.59 bits per heavy atom.